The number of likely N-dealkylation sites (tertiary alicyclic amines) is 1. The average Bonchev–Trinajstić information content (AvgIpc) is 2.61. The highest BCUT2D eigenvalue weighted by molar-refractivity contribution is 6.08. The lowest BCUT2D eigenvalue weighted by atomic mass is 9.96. The second kappa shape index (κ2) is 9.07. The van der Waals surface area contributed by atoms with Crippen molar-refractivity contribution < 1.29 is 28.7 Å². The monoisotopic (exact) mass is 404 g/mol. The van der Waals surface area contributed by atoms with Gasteiger partial charge in [-0.15, -0.1) is 0 Å². The highest BCUT2D eigenvalue weighted by Gasteiger charge is 2.49. The van der Waals surface area contributed by atoms with Crippen LogP contribution in [0.2, 0.25) is 0 Å². The molecule has 1 aromatic carbocycles. The second-order valence-electron chi connectivity index (χ2n) is 8.28. The average molecular weight is 404 g/mol. The van der Waals surface area contributed by atoms with Gasteiger partial charge in [-0.3, -0.25) is 14.5 Å². The minimum atomic E-state index is -1.00. The molecule has 0 spiro atoms. The Balaban J connectivity index is 2.02. The summed E-state index contributed by atoms with van der Waals surface area (Å²) in [5.74, 6) is -2.09. The van der Waals surface area contributed by atoms with Crippen molar-refractivity contribution in [1.29, 1.82) is 0 Å². The number of alkyl carbamates (subject to hydrolysis) is 1. The van der Waals surface area contributed by atoms with E-state index in [-0.39, 0.29) is 18.9 Å². The van der Waals surface area contributed by atoms with Crippen LogP contribution in [0.5, 0.6) is 0 Å². The Morgan fingerprint density at radius 3 is 2.31 bits per heavy atom. The quantitative estimate of drug-likeness (QED) is 0.577. The summed E-state index contributed by atoms with van der Waals surface area (Å²) in [6.07, 6.45) is -0.864. The van der Waals surface area contributed by atoms with Crippen molar-refractivity contribution in [1.82, 2.24) is 10.2 Å². The van der Waals surface area contributed by atoms with Gasteiger partial charge in [-0.2, -0.15) is 0 Å². The fraction of sp³-hybridized carbons (Fsp3) is 0.524. The van der Waals surface area contributed by atoms with E-state index in [4.69, 9.17) is 9.47 Å². The third-order valence-corrected chi connectivity index (χ3v) is 4.29. The summed E-state index contributed by atoms with van der Waals surface area (Å²) in [5, 5.41) is 2.50. The fourth-order valence-corrected chi connectivity index (χ4v) is 2.80. The summed E-state index contributed by atoms with van der Waals surface area (Å²) in [6.45, 7) is 8.62. The minimum absolute atomic E-state index is 0.0517. The molecule has 1 heterocycles. The van der Waals surface area contributed by atoms with Gasteiger partial charge in [0.05, 0.1) is 6.42 Å². The first kappa shape index (κ1) is 22.4. The third kappa shape index (κ3) is 6.04. The van der Waals surface area contributed by atoms with Crippen LogP contribution in [-0.2, 0) is 30.5 Å². The summed E-state index contributed by atoms with van der Waals surface area (Å²) in [5.41, 5.74) is 0.0707. The molecule has 1 N–H and O–H groups in total. The predicted octanol–water partition coefficient (Wildman–Crippen LogP) is 2.41. The Morgan fingerprint density at radius 1 is 1.17 bits per heavy atom. The van der Waals surface area contributed by atoms with E-state index in [2.05, 4.69) is 5.32 Å². The van der Waals surface area contributed by atoms with E-state index in [9.17, 15) is 19.2 Å². The smallest absolute Gasteiger partial charge is 0.408 e. The van der Waals surface area contributed by atoms with Crippen LogP contribution >= 0.6 is 0 Å². The number of nitrogens with one attached hydrogen (secondary N) is 1. The maximum Gasteiger partial charge on any atom is 0.408 e. The zero-order valence-electron chi connectivity index (χ0n) is 17.4. The van der Waals surface area contributed by atoms with Crippen molar-refractivity contribution in [3.63, 3.8) is 0 Å². The maximum absolute atomic E-state index is 12.9. The van der Waals surface area contributed by atoms with Crippen molar-refractivity contribution in [2.45, 2.75) is 65.3 Å². The van der Waals surface area contributed by atoms with Crippen LogP contribution in [0.15, 0.2) is 30.3 Å². The van der Waals surface area contributed by atoms with E-state index in [1.54, 1.807) is 34.6 Å². The molecule has 29 heavy (non-hydrogen) atoms. The molecule has 0 saturated carbocycles. The van der Waals surface area contributed by atoms with Crippen molar-refractivity contribution in [3.05, 3.63) is 35.9 Å². The van der Waals surface area contributed by atoms with Crippen molar-refractivity contribution >= 4 is 23.9 Å². The van der Waals surface area contributed by atoms with E-state index >= 15 is 0 Å². The molecule has 0 aromatic heterocycles. The lowest BCUT2D eigenvalue weighted by molar-refractivity contribution is -0.173. The van der Waals surface area contributed by atoms with E-state index in [0.29, 0.717) is 0 Å². The number of nitrogens with zero attached hydrogens (tertiary/aromatic N) is 1. The van der Waals surface area contributed by atoms with Gasteiger partial charge in [0.2, 0.25) is 5.91 Å². The van der Waals surface area contributed by atoms with Crippen LogP contribution in [0.4, 0.5) is 4.79 Å². The molecule has 0 aliphatic carbocycles. The highest BCUT2D eigenvalue weighted by Crippen LogP contribution is 2.24. The van der Waals surface area contributed by atoms with Crippen molar-refractivity contribution in [2.24, 2.45) is 5.92 Å². The van der Waals surface area contributed by atoms with Gasteiger partial charge < -0.3 is 14.8 Å². The Bertz CT molecular complexity index is 769. The van der Waals surface area contributed by atoms with Crippen LogP contribution in [0, 0.1) is 5.92 Å². The Labute approximate surface area is 170 Å². The number of imide groups is 1. The number of ether oxygens (including phenoxy) is 2. The predicted molar refractivity (Wildman–Crippen MR) is 104 cm³/mol. The number of esters is 1. The summed E-state index contributed by atoms with van der Waals surface area (Å²) in [6, 6.07) is 7.12. The first-order valence-corrected chi connectivity index (χ1v) is 9.55. The zero-order valence-corrected chi connectivity index (χ0v) is 17.4. The molecular weight excluding hydrogens is 376 g/mol. The van der Waals surface area contributed by atoms with E-state index in [1.165, 1.54) is 0 Å². The van der Waals surface area contributed by atoms with Gasteiger partial charge in [0.1, 0.15) is 24.3 Å². The molecule has 0 bridgehead atoms. The van der Waals surface area contributed by atoms with Crippen LogP contribution in [0.1, 0.15) is 46.6 Å². The number of carbonyl (C=O) groups is 4. The van der Waals surface area contributed by atoms with Crippen molar-refractivity contribution in [3.8, 4) is 0 Å². The molecule has 3 amide bonds. The fourth-order valence-electron chi connectivity index (χ4n) is 2.80. The standard InChI is InChI=1S/C21H28N2O6/c1-13(2)17(22-20(27)29-21(3,4)5)18(25)23-15(11-16(23)24)19(26)28-12-14-9-7-6-8-10-14/h6-10,13,15,17H,11-12H2,1-5H3,(H,22,27)/t15-,17-/m0/s1. The number of rotatable bonds is 6. The molecule has 2 atom stereocenters. The molecule has 8 heteroatoms. The zero-order chi connectivity index (χ0) is 21.8. The van der Waals surface area contributed by atoms with Crippen LogP contribution in [0.3, 0.4) is 0 Å². The molecule has 1 aromatic rings. The second-order valence-corrected chi connectivity index (χ2v) is 8.28. The van der Waals surface area contributed by atoms with Crippen LogP contribution in [-0.4, -0.2) is 46.5 Å². The third-order valence-electron chi connectivity index (χ3n) is 4.29. The maximum atomic E-state index is 12.9. The lowest BCUT2D eigenvalue weighted by Gasteiger charge is -2.39. The van der Waals surface area contributed by atoms with Gasteiger partial charge in [0, 0.05) is 0 Å². The minimum Gasteiger partial charge on any atom is -0.459 e. The van der Waals surface area contributed by atoms with Crippen molar-refractivity contribution in [2.75, 3.05) is 0 Å². The summed E-state index contributed by atoms with van der Waals surface area (Å²) >= 11 is 0. The molecule has 1 aliphatic heterocycles. The topological polar surface area (TPSA) is 102 Å². The molecule has 1 fully saturated rings. The Kier molecular flexibility index (Phi) is 7.00. The first-order chi connectivity index (χ1) is 13.5. The molecule has 8 nitrogen and oxygen atoms in total. The molecular formula is C21H28N2O6. The SMILES string of the molecule is CC(C)[C@H](NC(=O)OC(C)(C)C)C(=O)N1C(=O)C[C@H]1C(=O)OCc1ccccc1. The number of β-lactam (4-membered cyclic amide) rings is 1. The molecule has 158 valence electrons. The van der Waals surface area contributed by atoms with Crippen LogP contribution in [0.25, 0.3) is 0 Å². The van der Waals surface area contributed by atoms with E-state index in [1.807, 2.05) is 30.3 Å². The number of benzene rings is 1. The molecule has 1 saturated heterocycles. The highest BCUT2D eigenvalue weighted by atomic mass is 16.6. The number of hydrogen-bond acceptors (Lipinski definition) is 6. The van der Waals surface area contributed by atoms with Crippen LogP contribution < -0.4 is 5.32 Å². The van der Waals surface area contributed by atoms with Gasteiger partial charge in [0.25, 0.3) is 5.91 Å². The molecule has 0 radical (unpaired) electrons. The number of amides is 3. The first-order valence-electron chi connectivity index (χ1n) is 9.55. The van der Waals surface area contributed by atoms with Gasteiger partial charge >= 0.3 is 12.1 Å². The molecule has 2 rings (SSSR count). The van der Waals surface area contributed by atoms with E-state index < -0.39 is 41.6 Å². The number of hydrogen-bond donors (Lipinski definition) is 1. The van der Waals surface area contributed by atoms with E-state index in [0.717, 1.165) is 10.5 Å². The molecule has 0 unspecified atom stereocenters. The van der Waals surface area contributed by atoms with Gasteiger partial charge in [-0.1, -0.05) is 44.2 Å². The largest absolute Gasteiger partial charge is 0.459 e. The summed E-state index contributed by atoms with van der Waals surface area (Å²) in [4.78, 5) is 50.3. The molecule has 1 aliphatic rings. The summed E-state index contributed by atoms with van der Waals surface area (Å²) < 4.78 is 10.4. The Morgan fingerprint density at radius 2 is 1.79 bits per heavy atom. The normalized spacial score (nSPS) is 17.4. The van der Waals surface area contributed by atoms with Gasteiger partial charge in [0.15, 0.2) is 0 Å². The summed E-state index contributed by atoms with van der Waals surface area (Å²) in [7, 11) is 0. The Hall–Kier alpha value is -2.90. The van der Waals surface area contributed by atoms with Gasteiger partial charge in [-0.25, -0.2) is 9.59 Å². The lowest BCUT2D eigenvalue weighted by Crippen LogP contribution is -2.64. The van der Waals surface area contributed by atoms with Gasteiger partial charge in [-0.05, 0) is 32.3 Å². The number of carbonyl (C=O) groups excluding carboxylic acids is 4.